The van der Waals surface area contributed by atoms with E-state index in [-0.39, 0.29) is 0 Å². The van der Waals surface area contributed by atoms with Gasteiger partial charge >= 0.3 is 0 Å². The molecule has 0 spiro atoms. The second-order valence-electron chi connectivity index (χ2n) is 3.14. The van der Waals surface area contributed by atoms with Crippen molar-refractivity contribution in [3.05, 3.63) is 0 Å². The zero-order valence-corrected chi connectivity index (χ0v) is 6.80. The summed E-state index contributed by atoms with van der Waals surface area (Å²) in [4.78, 5) is 2.34. The number of likely N-dealkylation sites (N-methyl/N-ethyl adjacent to an activating group) is 1. The average Bonchev–Trinajstić information content (AvgIpc) is 1.95. The van der Waals surface area contributed by atoms with Gasteiger partial charge in [-0.2, -0.15) is 0 Å². The highest BCUT2D eigenvalue weighted by molar-refractivity contribution is 4.82. The number of nitrogens with zero attached hydrogens (tertiary/aromatic N) is 1. The van der Waals surface area contributed by atoms with Gasteiger partial charge in [-0.15, -0.1) is 0 Å². The standard InChI is InChI=1S/C7H17N3/c1-6-7(9-8)4-3-5-10(6)2/h6-7,9H,3-5,8H2,1-2H3. The monoisotopic (exact) mass is 143 g/mol. The minimum Gasteiger partial charge on any atom is -0.302 e. The molecule has 0 amide bonds. The Balaban J connectivity index is 2.42. The third-order valence-electron chi connectivity index (χ3n) is 2.52. The zero-order valence-electron chi connectivity index (χ0n) is 6.80. The molecular formula is C7H17N3. The van der Waals surface area contributed by atoms with E-state index in [0.717, 1.165) is 0 Å². The van der Waals surface area contributed by atoms with Gasteiger partial charge in [-0.25, -0.2) is 0 Å². The Labute approximate surface area is 62.5 Å². The molecule has 1 aliphatic rings. The molecular weight excluding hydrogens is 126 g/mol. The van der Waals surface area contributed by atoms with Crippen LogP contribution >= 0.6 is 0 Å². The molecule has 3 heteroatoms. The van der Waals surface area contributed by atoms with Crippen LogP contribution in [0, 0.1) is 0 Å². The lowest BCUT2D eigenvalue weighted by Gasteiger charge is -2.36. The summed E-state index contributed by atoms with van der Waals surface area (Å²) in [6.45, 7) is 3.42. The molecule has 3 N–H and O–H groups in total. The summed E-state index contributed by atoms with van der Waals surface area (Å²) < 4.78 is 0. The maximum atomic E-state index is 5.38. The van der Waals surface area contributed by atoms with Gasteiger partial charge in [0.25, 0.3) is 0 Å². The van der Waals surface area contributed by atoms with Crippen LogP contribution in [0.3, 0.4) is 0 Å². The fraction of sp³-hybridized carbons (Fsp3) is 1.00. The van der Waals surface area contributed by atoms with Gasteiger partial charge in [0.2, 0.25) is 0 Å². The third-order valence-corrected chi connectivity index (χ3v) is 2.52. The predicted molar refractivity (Wildman–Crippen MR) is 42.4 cm³/mol. The Hall–Kier alpha value is -0.120. The molecule has 0 radical (unpaired) electrons. The molecule has 1 aliphatic heterocycles. The predicted octanol–water partition coefficient (Wildman–Crippen LogP) is -0.0676. The van der Waals surface area contributed by atoms with E-state index >= 15 is 0 Å². The molecule has 0 aromatic rings. The summed E-state index contributed by atoms with van der Waals surface area (Å²) >= 11 is 0. The van der Waals surface area contributed by atoms with Crippen LogP contribution in [0.4, 0.5) is 0 Å². The Morgan fingerprint density at radius 2 is 2.30 bits per heavy atom. The van der Waals surface area contributed by atoms with Crippen molar-refractivity contribution in [3.8, 4) is 0 Å². The maximum absolute atomic E-state index is 5.38. The van der Waals surface area contributed by atoms with Gasteiger partial charge in [0.15, 0.2) is 0 Å². The molecule has 0 aromatic carbocycles. The van der Waals surface area contributed by atoms with Crippen molar-refractivity contribution in [2.45, 2.75) is 31.8 Å². The van der Waals surface area contributed by atoms with Crippen molar-refractivity contribution >= 4 is 0 Å². The highest BCUT2D eigenvalue weighted by Crippen LogP contribution is 2.13. The summed E-state index contributed by atoms with van der Waals surface area (Å²) in [6, 6.07) is 1.07. The topological polar surface area (TPSA) is 41.3 Å². The van der Waals surface area contributed by atoms with Crippen LogP contribution in [0.5, 0.6) is 0 Å². The van der Waals surface area contributed by atoms with Gasteiger partial charge in [0, 0.05) is 12.1 Å². The van der Waals surface area contributed by atoms with E-state index in [1.54, 1.807) is 0 Å². The molecule has 1 heterocycles. The highest BCUT2D eigenvalue weighted by atomic mass is 15.3. The second kappa shape index (κ2) is 3.32. The molecule has 1 rings (SSSR count). The molecule has 10 heavy (non-hydrogen) atoms. The zero-order chi connectivity index (χ0) is 7.56. The second-order valence-corrected chi connectivity index (χ2v) is 3.14. The third kappa shape index (κ3) is 1.48. The lowest BCUT2D eigenvalue weighted by molar-refractivity contribution is 0.155. The molecule has 0 bridgehead atoms. The molecule has 60 valence electrons. The summed E-state index contributed by atoms with van der Waals surface area (Å²) in [7, 11) is 2.15. The summed E-state index contributed by atoms with van der Waals surface area (Å²) in [6.07, 6.45) is 2.47. The molecule has 1 fully saturated rings. The van der Waals surface area contributed by atoms with Crippen molar-refractivity contribution in [3.63, 3.8) is 0 Å². The van der Waals surface area contributed by atoms with Gasteiger partial charge in [0.05, 0.1) is 0 Å². The van der Waals surface area contributed by atoms with Crippen LogP contribution in [0.2, 0.25) is 0 Å². The fourth-order valence-corrected chi connectivity index (χ4v) is 1.54. The van der Waals surface area contributed by atoms with Gasteiger partial charge in [0.1, 0.15) is 0 Å². The van der Waals surface area contributed by atoms with E-state index in [4.69, 9.17) is 5.84 Å². The summed E-state index contributed by atoms with van der Waals surface area (Å²) in [5, 5.41) is 0. The van der Waals surface area contributed by atoms with Gasteiger partial charge < -0.3 is 4.90 Å². The number of piperidine rings is 1. The number of nitrogens with two attached hydrogens (primary N) is 1. The molecule has 2 unspecified atom stereocenters. The van der Waals surface area contributed by atoms with Crippen LogP contribution in [0.15, 0.2) is 0 Å². The van der Waals surface area contributed by atoms with E-state index < -0.39 is 0 Å². The Kier molecular flexibility index (Phi) is 2.65. The van der Waals surface area contributed by atoms with Crippen LogP contribution in [0.25, 0.3) is 0 Å². The molecule has 2 atom stereocenters. The molecule has 0 aliphatic carbocycles. The normalized spacial score (nSPS) is 36.3. The van der Waals surface area contributed by atoms with Crippen molar-refractivity contribution in [2.24, 2.45) is 5.84 Å². The SMILES string of the molecule is CC1C(NN)CCCN1C. The van der Waals surface area contributed by atoms with Gasteiger partial charge in [-0.1, -0.05) is 0 Å². The number of rotatable bonds is 1. The van der Waals surface area contributed by atoms with Crippen molar-refractivity contribution in [2.75, 3.05) is 13.6 Å². The van der Waals surface area contributed by atoms with Gasteiger partial charge in [-0.3, -0.25) is 11.3 Å². The first kappa shape index (κ1) is 7.98. The quantitative estimate of drug-likeness (QED) is 0.399. The summed E-state index contributed by atoms with van der Waals surface area (Å²) in [5.74, 6) is 5.38. The molecule has 1 saturated heterocycles. The van der Waals surface area contributed by atoms with Crippen LogP contribution in [0.1, 0.15) is 19.8 Å². The lowest BCUT2D eigenvalue weighted by Crippen LogP contribution is -2.53. The Morgan fingerprint density at radius 3 is 2.80 bits per heavy atom. The van der Waals surface area contributed by atoms with Crippen molar-refractivity contribution in [1.29, 1.82) is 0 Å². The van der Waals surface area contributed by atoms with Gasteiger partial charge in [-0.05, 0) is 33.4 Å². The van der Waals surface area contributed by atoms with E-state index in [2.05, 4.69) is 24.3 Å². The van der Waals surface area contributed by atoms with Crippen LogP contribution in [-0.4, -0.2) is 30.6 Å². The first-order chi connectivity index (χ1) is 4.75. The minimum atomic E-state index is 0.485. The average molecular weight is 143 g/mol. The Morgan fingerprint density at radius 1 is 1.60 bits per heavy atom. The maximum Gasteiger partial charge on any atom is 0.0363 e. The van der Waals surface area contributed by atoms with Crippen molar-refractivity contribution in [1.82, 2.24) is 10.3 Å². The first-order valence-corrected chi connectivity index (χ1v) is 3.92. The smallest absolute Gasteiger partial charge is 0.0363 e. The van der Waals surface area contributed by atoms with Crippen LogP contribution < -0.4 is 11.3 Å². The number of hydrogen-bond donors (Lipinski definition) is 2. The van der Waals surface area contributed by atoms with E-state index in [1.165, 1.54) is 19.4 Å². The lowest BCUT2D eigenvalue weighted by atomic mass is 9.99. The van der Waals surface area contributed by atoms with Crippen LogP contribution in [-0.2, 0) is 0 Å². The highest BCUT2D eigenvalue weighted by Gasteiger charge is 2.23. The number of hydrazine groups is 1. The van der Waals surface area contributed by atoms with E-state index in [1.807, 2.05) is 0 Å². The van der Waals surface area contributed by atoms with Crippen molar-refractivity contribution < 1.29 is 0 Å². The molecule has 0 saturated carbocycles. The minimum absolute atomic E-state index is 0.485. The molecule has 3 nitrogen and oxygen atoms in total. The number of hydrogen-bond acceptors (Lipinski definition) is 3. The first-order valence-electron chi connectivity index (χ1n) is 3.92. The number of likely N-dealkylation sites (tertiary alicyclic amines) is 1. The fourth-order valence-electron chi connectivity index (χ4n) is 1.54. The van der Waals surface area contributed by atoms with E-state index in [0.29, 0.717) is 12.1 Å². The summed E-state index contributed by atoms with van der Waals surface area (Å²) in [5.41, 5.74) is 2.84. The molecule has 0 aromatic heterocycles. The number of nitrogens with one attached hydrogen (secondary N) is 1. The largest absolute Gasteiger partial charge is 0.302 e. The van der Waals surface area contributed by atoms with E-state index in [9.17, 15) is 0 Å². The Bertz CT molecular complexity index is 105.